The Morgan fingerprint density at radius 2 is 0.850 bits per heavy atom. The summed E-state index contributed by atoms with van der Waals surface area (Å²) >= 11 is 0. The van der Waals surface area contributed by atoms with Gasteiger partial charge in [-0.1, -0.05) is 109 Å². The first-order chi connectivity index (χ1) is 62.3. The fraction of sp³-hybridized carbons (Fsp3) is 0.290. The van der Waals surface area contributed by atoms with Crippen molar-refractivity contribution in [3.63, 3.8) is 0 Å². The summed E-state index contributed by atoms with van der Waals surface area (Å²) < 4.78 is 339. The fourth-order valence-electron chi connectivity index (χ4n) is 15.3. The lowest BCUT2D eigenvalue weighted by atomic mass is 9.77. The van der Waals surface area contributed by atoms with Crippen LogP contribution in [0.3, 0.4) is 0 Å². The molecule has 10 aromatic rings. The van der Waals surface area contributed by atoms with Gasteiger partial charge >= 0.3 is 43.1 Å². The van der Waals surface area contributed by atoms with E-state index in [-0.39, 0.29) is 71.7 Å². The van der Waals surface area contributed by atoms with Crippen LogP contribution in [0.2, 0.25) is 0 Å². The summed E-state index contributed by atoms with van der Waals surface area (Å²) in [5, 5.41) is 7.70. The van der Waals surface area contributed by atoms with E-state index in [0.717, 1.165) is 65.4 Å². The molecular weight excluding hydrogens is 1810 g/mol. The first-order valence-electron chi connectivity index (χ1n) is 40.0. The van der Waals surface area contributed by atoms with E-state index >= 15 is 4.39 Å². The van der Waals surface area contributed by atoms with Crippen molar-refractivity contribution in [2.75, 3.05) is 54.5 Å². The van der Waals surface area contributed by atoms with Crippen LogP contribution in [-0.4, -0.2) is 146 Å². The number of nitrogens with zero attached hydrogens (tertiary/aromatic N) is 4. The van der Waals surface area contributed by atoms with Gasteiger partial charge in [-0.15, -0.1) is 0 Å². The molecule has 6 atom stereocenters. The zero-order valence-corrected chi connectivity index (χ0v) is 70.7. The summed E-state index contributed by atoms with van der Waals surface area (Å²) in [7, 11) is 5.22. The number of methoxy groups -OCH3 is 2. The standard InChI is InChI=1S/C31H20F10N2O3.C31H30F7N3O3.C31H31F6N3O3/c32-20-11-19(12-21(14-20)46-31(40,41)28(35)36)29(15-16-4-2-1-3-5-16,18-7-9-24(33)22(13-18)26(42)44)43-27(45)17-6-8-25(34)23(10-17)30(37,38)39;1-4-40(2)27(42)25-17-29(34,35)18-41(25)28(43)39-30(16-19-8-6-5-7-9-19,20-10-11-24(33)26(15-20)44-3)21-12-22(31(36,37)38)14-23(32)13-21;1-4-39(2)28(41)26-16-24(33)18-40(26)29(42)38-30(17-19-8-6-5-7-9-19,20-10-11-25(34)27(15-20)43-3)21-12-22(31(35,36)37)14-23(32)13-21/h1-14,28H,15H2,(H2,42,44)(H,43,45);5-15,25H,4,16-18H2,1-3H3,(H,39,43);5-15,24,26H,4,16-18H2,1-3H3,(H,38,42)/t;25-,30+;24-,26-,30+/m.00/s1. The Hall–Kier alpha value is -13.6. The van der Waals surface area contributed by atoms with Gasteiger partial charge in [0.25, 0.3) is 17.7 Å². The predicted molar refractivity (Wildman–Crippen MR) is 437 cm³/mol. The van der Waals surface area contributed by atoms with Gasteiger partial charge in [0.1, 0.15) is 53.1 Å². The number of ether oxygens (including phenoxy) is 3. The molecule has 8 amide bonds. The van der Waals surface area contributed by atoms with Crippen LogP contribution >= 0.6 is 0 Å². The van der Waals surface area contributed by atoms with Crippen molar-refractivity contribution in [2.45, 2.75) is 118 Å². The zero-order chi connectivity index (χ0) is 98.0. The maximum Gasteiger partial charge on any atom is 0.461 e. The number of hydrogen-bond donors (Lipinski definition) is 4. The zero-order valence-electron chi connectivity index (χ0n) is 70.7. The fourth-order valence-corrected chi connectivity index (χ4v) is 15.3. The number of rotatable bonds is 26. The number of urea groups is 2. The molecule has 133 heavy (non-hydrogen) atoms. The molecule has 0 aliphatic carbocycles. The van der Waals surface area contributed by atoms with Gasteiger partial charge in [0, 0.05) is 70.9 Å². The van der Waals surface area contributed by atoms with E-state index in [1.54, 1.807) is 80.6 Å². The normalized spacial score (nSPS) is 16.3. The highest BCUT2D eigenvalue weighted by atomic mass is 19.4. The molecule has 0 bridgehead atoms. The number of primary amides is 1. The third-order valence-electron chi connectivity index (χ3n) is 22.1. The largest absolute Gasteiger partial charge is 0.494 e. The molecule has 17 nitrogen and oxygen atoms in total. The monoisotopic (exact) mass is 1890 g/mol. The smallest absolute Gasteiger partial charge is 0.461 e. The van der Waals surface area contributed by atoms with Gasteiger partial charge in [-0.3, -0.25) is 19.2 Å². The van der Waals surface area contributed by atoms with Crippen molar-refractivity contribution in [3.05, 3.63) is 337 Å². The highest BCUT2D eigenvalue weighted by Crippen LogP contribution is 2.46. The highest BCUT2D eigenvalue weighted by Gasteiger charge is 2.54. The number of likely N-dealkylation sites (tertiary alicyclic amines) is 2. The Bertz CT molecular complexity index is 5870. The van der Waals surface area contributed by atoms with E-state index < -0.39 is 219 Å². The van der Waals surface area contributed by atoms with Gasteiger partial charge in [-0.2, -0.15) is 57.1 Å². The lowest BCUT2D eigenvalue weighted by Gasteiger charge is -2.39. The molecule has 40 heteroatoms. The molecule has 5 N–H and O–H groups in total. The van der Waals surface area contributed by atoms with Crippen LogP contribution in [0.25, 0.3) is 0 Å². The molecule has 708 valence electrons. The molecule has 0 radical (unpaired) electrons. The number of carbonyl (C=O) groups is 6. The minimum atomic E-state index is -5.24. The average molecular weight is 1890 g/mol. The lowest BCUT2D eigenvalue weighted by Crippen LogP contribution is -2.56. The summed E-state index contributed by atoms with van der Waals surface area (Å²) in [6.45, 7) is 2.16. The summed E-state index contributed by atoms with van der Waals surface area (Å²) in [5.41, 5.74) is -7.38. The SMILES string of the molecule is CCN(C)C(=O)[C@@H]1CC(F)(F)CN1C(=O)N[C@@](Cc1ccccc1)(c1cc(F)cc(C(F)(F)F)c1)c1ccc(F)c(OC)c1.CCN(C)C(=O)[C@@H]1C[C@H](F)CN1C(=O)N[C@@](Cc1ccccc1)(c1cc(F)cc(C(F)(F)F)c1)c1ccc(F)c(OC)c1.NC(=O)c1cc(C(Cc2ccccc2)(NC(=O)c2ccc(F)c(C(F)(F)F)c2)c2cc(F)cc(OC(F)(F)C(F)F)c2)ccc1F. The molecular formula is C93H81F23N8O9. The number of carbonyl (C=O) groups excluding carboxylic acids is 6. The van der Waals surface area contributed by atoms with Gasteiger partial charge in [-0.25, -0.2) is 53.5 Å². The average Bonchev–Trinajstić information content (AvgIpc) is 1.15. The van der Waals surface area contributed by atoms with Crippen molar-refractivity contribution in [3.8, 4) is 17.2 Å². The molecule has 10 aromatic carbocycles. The summed E-state index contributed by atoms with van der Waals surface area (Å²) in [6.07, 6.45) is -28.5. The Morgan fingerprint density at radius 1 is 0.459 bits per heavy atom. The number of nitrogens with one attached hydrogen (secondary N) is 3. The Morgan fingerprint density at radius 3 is 1.26 bits per heavy atom. The maximum atomic E-state index is 15.0. The number of benzene rings is 10. The van der Waals surface area contributed by atoms with E-state index in [4.69, 9.17) is 15.2 Å². The number of likely N-dealkylation sites (N-methyl/N-ethyl adjacent to an activating group) is 2. The number of amides is 8. The van der Waals surface area contributed by atoms with Crippen molar-refractivity contribution in [2.24, 2.45) is 5.73 Å². The number of halogens is 23. The molecule has 0 spiro atoms. The van der Waals surface area contributed by atoms with E-state index in [0.29, 0.717) is 76.7 Å². The number of hydrogen-bond acceptors (Lipinski definition) is 9. The molecule has 0 aromatic heterocycles. The van der Waals surface area contributed by atoms with E-state index in [2.05, 4.69) is 20.7 Å². The van der Waals surface area contributed by atoms with Gasteiger partial charge in [0.05, 0.1) is 66.2 Å². The van der Waals surface area contributed by atoms with Crippen molar-refractivity contribution >= 4 is 35.7 Å². The Balaban J connectivity index is 0.000000207. The van der Waals surface area contributed by atoms with Crippen LogP contribution in [0, 0.1) is 40.7 Å². The molecule has 12 rings (SSSR count). The summed E-state index contributed by atoms with van der Waals surface area (Å²) in [5.74, 6) is -17.5. The van der Waals surface area contributed by atoms with Crippen molar-refractivity contribution < 1.29 is 144 Å². The van der Waals surface area contributed by atoms with Gasteiger partial charge in [-0.05, 0) is 167 Å². The van der Waals surface area contributed by atoms with E-state index in [1.165, 1.54) is 68.6 Å². The number of alkyl halides is 16. The molecule has 1 unspecified atom stereocenters. The van der Waals surface area contributed by atoms with Crippen molar-refractivity contribution in [1.29, 1.82) is 0 Å². The van der Waals surface area contributed by atoms with Crippen LogP contribution < -0.4 is 35.9 Å². The second-order valence-electron chi connectivity index (χ2n) is 31.0. The maximum absolute atomic E-state index is 15.0. The van der Waals surface area contributed by atoms with Gasteiger partial charge in [0.15, 0.2) is 23.1 Å². The van der Waals surface area contributed by atoms with E-state index in [1.807, 2.05) is 0 Å². The first kappa shape index (κ1) is 102. The molecule has 2 saturated heterocycles. The topological polar surface area (TPSA) is 205 Å². The highest BCUT2D eigenvalue weighted by molar-refractivity contribution is 5.96. The lowest BCUT2D eigenvalue weighted by molar-refractivity contribution is -0.253. The molecule has 2 heterocycles. The Labute approximate surface area is 744 Å². The molecule has 2 aliphatic rings. The van der Waals surface area contributed by atoms with Crippen LogP contribution in [0.1, 0.15) is 114 Å². The van der Waals surface area contributed by atoms with Crippen LogP contribution in [0.4, 0.5) is 111 Å². The predicted octanol–water partition coefficient (Wildman–Crippen LogP) is 19.8. The quantitative estimate of drug-likeness (QED) is 0.0380. The van der Waals surface area contributed by atoms with E-state index in [9.17, 15) is 125 Å². The minimum absolute atomic E-state index is 0.0359. The first-order valence-corrected chi connectivity index (χ1v) is 40.0. The van der Waals surface area contributed by atoms with Crippen molar-refractivity contribution in [1.82, 2.24) is 35.6 Å². The van der Waals surface area contributed by atoms with Crippen LogP contribution in [-0.2, 0) is 64.0 Å². The third kappa shape index (κ3) is 23.8. The van der Waals surface area contributed by atoms with Gasteiger partial charge < -0.3 is 55.5 Å². The number of nitrogens with two attached hydrogens (primary N) is 1. The van der Waals surface area contributed by atoms with Gasteiger partial charge in [0.2, 0.25) is 11.8 Å². The van der Waals surface area contributed by atoms with Crippen LogP contribution in [0.5, 0.6) is 17.2 Å². The van der Waals surface area contributed by atoms with Crippen LogP contribution in [0.15, 0.2) is 218 Å². The summed E-state index contributed by atoms with van der Waals surface area (Å²) in [6, 6.07) is 34.7. The third-order valence-corrected chi connectivity index (χ3v) is 22.1. The molecule has 2 aliphatic heterocycles. The summed E-state index contributed by atoms with van der Waals surface area (Å²) in [4.78, 5) is 83.9. The molecule has 0 saturated carbocycles. The second kappa shape index (κ2) is 41.0. The second-order valence-corrected chi connectivity index (χ2v) is 31.0. The molecule has 2 fully saturated rings. The Kier molecular flexibility index (Phi) is 31.3. The minimum Gasteiger partial charge on any atom is -0.494 e.